The van der Waals surface area contributed by atoms with E-state index in [9.17, 15) is 13.2 Å². The monoisotopic (exact) mass is 342 g/mol. The highest BCUT2D eigenvalue weighted by molar-refractivity contribution is 14.1. The average molecular weight is 342 g/mol. The molecule has 1 unspecified atom stereocenters. The van der Waals surface area contributed by atoms with Gasteiger partial charge in [0.25, 0.3) is 0 Å². The minimum Gasteiger partial charge on any atom is -0.392 e. The number of hydrogen-bond acceptors (Lipinski definition) is 1. The number of benzene rings is 1. The van der Waals surface area contributed by atoms with Crippen molar-refractivity contribution in [2.45, 2.75) is 12.1 Å². The minimum atomic E-state index is -4.33. The lowest BCUT2D eigenvalue weighted by Crippen LogP contribution is -2.19. The first-order chi connectivity index (χ1) is 7.45. The van der Waals surface area contributed by atoms with Crippen LogP contribution in [0.3, 0.4) is 0 Å². The van der Waals surface area contributed by atoms with Gasteiger partial charge in [0, 0.05) is 3.57 Å². The number of aliphatic hydroxyl groups excluding tert-OH is 1. The molecule has 1 atom stereocenters. The summed E-state index contributed by atoms with van der Waals surface area (Å²) in [4.78, 5) is 0. The predicted molar refractivity (Wildman–Crippen MR) is 64.2 cm³/mol. The van der Waals surface area contributed by atoms with Crippen LogP contribution in [0.2, 0.25) is 0 Å². The molecule has 0 aromatic heterocycles. The van der Waals surface area contributed by atoms with Gasteiger partial charge in [-0.15, -0.1) is 0 Å². The quantitative estimate of drug-likeness (QED) is 0.659. The molecule has 0 spiro atoms. The Hall–Kier alpha value is -0.560. The first-order valence-electron chi connectivity index (χ1n) is 4.55. The van der Waals surface area contributed by atoms with E-state index in [0.717, 1.165) is 15.7 Å². The van der Waals surface area contributed by atoms with Crippen molar-refractivity contribution in [1.29, 1.82) is 0 Å². The maximum absolute atomic E-state index is 12.7. The molecule has 0 aliphatic carbocycles. The fraction of sp³-hybridized carbons (Fsp3) is 0.273. The van der Waals surface area contributed by atoms with Crippen LogP contribution in [-0.4, -0.2) is 17.9 Å². The van der Waals surface area contributed by atoms with E-state index in [-0.39, 0.29) is 5.56 Å². The standard InChI is InChI=1S/C11H10F3IO/c12-11(13,14)10(2-1-7-16)8-3-5-9(15)6-4-8/h1-6,10,16H,7H2/b2-1+. The zero-order valence-electron chi connectivity index (χ0n) is 8.21. The van der Waals surface area contributed by atoms with Crippen molar-refractivity contribution in [3.8, 4) is 0 Å². The molecule has 5 heteroatoms. The molecule has 0 aliphatic rings. The molecule has 88 valence electrons. The maximum atomic E-state index is 12.7. The van der Waals surface area contributed by atoms with Gasteiger partial charge in [-0.05, 0) is 40.3 Å². The van der Waals surface area contributed by atoms with Gasteiger partial charge in [0.1, 0.15) is 0 Å². The summed E-state index contributed by atoms with van der Waals surface area (Å²) in [6.07, 6.45) is -2.25. The van der Waals surface area contributed by atoms with Gasteiger partial charge >= 0.3 is 6.18 Å². The molecule has 1 aromatic carbocycles. The molecule has 1 N–H and O–H groups in total. The molecular weight excluding hydrogens is 332 g/mol. The largest absolute Gasteiger partial charge is 0.399 e. The normalized spacial score (nSPS) is 14.3. The summed E-state index contributed by atoms with van der Waals surface area (Å²) in [5, 5.41) is 8.52. The van der Waals surface area contributed by atoms with Crippen LogP contribution in [0.25, 0.3) is 0 Å². The Balaban J connectivity index is 3.01. The molecule has 0 amide bonds. The highest BCUT2D eigenvalue weighted by Crippen LogP contribution is 2.35. The lowest BCUT2D eigenvalue weighted by atomic mass is 9.98. The van der Waals surface area contributed by atoms with Crippen molar-refractivity contribution in [2.75, 3.05) is 6.61 Å². The average Bonchev–Trinajstić information content (AvgIpc) is 2.19. The van der Waals surface area contributed by atoms with Gasteiger partial charge in [-0.3, -0.25) is 0 Å². The Labute approximate surface area is 105 Å². The number of alkyl halides is 3. The van der Waals surface area contributed by atoms with E-state index in [2.05, 4.69) is 0 Å². The smallest absolute Gasteiger partial charge is 0.392 e. The summed E-state index contributed by atoms with van der Waals surface area (Å²) in [6.45, 7) is -0.392. The van der Waals surface area contributed by atoms with Crippen LogP contribution in [0.15, 0.2) is 36.4 Å². The fourth-order valence-electron chi connectivity index (χ4n) is 1.28. The van der Waals surface area contributed by atoms with Gasteiger partial charge in [-0.25, -0.2) is 0 Å². The third-order valence-corrected chi connectivity index (χ3v) is 2.73. The molecule has 1 aromatic rings. The first kappa shape index (κ1) is 13.5. The summed E-state index contributed by atoms with van der Waals surface area (Å²) in [5.41, 5.74) is 0.178. The lowest BCUT2D eigenvalue weighted by Gasteiger charge is -2.17. The SMILES string of the molecule is OC/C=C/C(c1ccc(I)cc1)C(F)(F)F. The zero-order valence-corrected chi connectivity index (χ0v) is 10.4. The summed E-state index contributed by atoms with van der Waals surface area (Å²) < 4.78 is 39.0. The Morgan fingerprint density at radius 2 is 1.81 bits per heavy atom. The molecule has 0 fully saturated rings. The topological polar surface area (TPSA) is 20.2 Å². The predicted octanol–water partition coefficient (Wildman–Crippen LogP) is 3.49. The first-order valence-corrected chi connectivity index (χ1v) is 5.62. The molecule has 16 heavy (non-hydrogen) atoms. The Bertz CT molecular complexity index is 356. The van der Waals surface area contributed by atoms with Crippen molar-refractivity contribution >= 4 is 22.6 Å². The number of halogens is 4. The van der Waals surface area contributed by atoms with Crippen molar-refractivity contribution in [3.05, 3.63) is 45.6 Å². The van der Waals surface area contributed by atoms with Crippen molar-refractivity contribution in [3.63, 3.8) is 0 Å². The van der Waals surface area contributed by atoms with Gasteiger partial charge in [-0.1, -0.05) is 24.3 Å². The zero-order chi connectivity index (χ0) is 12.2. The van der Waals surface area contributed by atoms with Crippen molar-refractivity contribution in [2.24, 2.45) is 0 Å². The van der Waals surface area contributed by atoms with Crippen LogP contribution >= 0.6 is 22.6 Å². The van der Waals surface area contributed by atoms with Gasteiger partial charge in [0.15, 0.2) is 0 Å². The van der Waals surface area contributed by atoms with Gasteiger partial charge in [-0.2, -0.15) is 13.2 Å². The second kappa shape index (κ2) is 5.67. The Morgan fingerprint density at radius 3 is 2.25 bits per heavy atom. The summed E-state index contributed by atoms with van der Waals surface area (Å²) in [5.74, 6) is -1.66. The number of rotatable bonds is 3. The molecule has 0 saturated heterocycles. The summed E-state index contributed by atoms with van der Waals surface area (Å²) in [6, 6.07) is 6.14. The molecule has 0 heterocycles. The lowest BCUT2D eigenvalue weighted by molar-refractivity contribution is -0.139. The Kier molecular flexibility index (Phi) is 4.79. The molecule has 1 nitrogen and oxygen atoms in total. The van der Waals surface area contributed by atoms with Crippen LogP contribution < -0.4 is 0 Å². The number of allylic oxidation sites excluding steroid dienone is 1. The Morgan fingerprint density at radius 1 is 1.25 bits per heavy atom. The molecule has 0 aliphatic heterocycles. The molecule has 0 saturated carbocycles. The third-order valence-electron chi connectivity index (χ3n) is 2.02. The van der Waals surface area contributed by atoms with Crippen LogP contribution in [0.4, 0.5) is 13.2 Å². The van der Waals surface area contributed by atoms with Crippen LogP contribution in [0, 0.1) is 3.57 Å². The minimum absolute atomic E-state index is 0.178. The van der Waals surface area contributed by atoms with E-state index >= 15 is 0 Å². The van der Waals surface area contributed by atoms with E-state index in [1.807, 2.05) is 22.6 Å². The van der Waals surface area contributed by atoms with Gasteiger partial charge in [0.05, 0.1) is 12.5 Å². The summed E-state index contributed by atoms with van der Waals surface area (Å²) in [7, 11) is 0. The second-order valence-electron chi connectivity index (χ2n) is 3.18. The van der Waals surface area contributed by atoms with E-state index < -0.39 is 18.7 Å². The van der Waals surface area contributed by atoms with E-state index in [1.165, 1.54) is 12.1 Å². The van der Waals surface area contributed by atoms with E-state index in [0.29, 0.717) is 0 Å². The maximum Gasteiger partial charge on any atom is 0.399 e. The van der Waals surface area contributed by atoms with Gasteiger partial charge < -0.3 is 5.11 Å². The molecular formula is C11H10F3IO. The van der Waals surface area contributed by atoms with Gasteiger partial charge in [0.2, 0.25) is 0 Å². The third kappa shape index (κ3) is 3.79. The van der Waals surface area contributed by atoms with Crippen molar-refractivity contribution < 1.29 is 18.3 Å². The van der Waals surface area contributed by atoms with E-state index in [4.69, 9.17) is 5.11 Å². The molecule has 1 rings (SSSR count). The van der Waals surface area contributed by atoms with Crippen LogP contribution in [0.5, 0.6) is 0 Å². The second-order valence-corrected chi connectivity index (χ2v) is 4.43. The van der Waals surface area contributed by atoms with Crippen molar-refractivity contribution in [1.82, 2.24) is 0 Å². The van der Waals surface area contributed by atoms with Crippen LogP contribution in [0.1, 0.15) is 11.5 Å². The van der Waals surface area contributed by atoms with Crippen LogP contribution in [-0.2, 0) is 0 Å². The molecule has 0 bridgehead atoms. The molecule has 0 radical (unpaired) electrons. The highest BCUT2D eigenvalue weighted by Gasteiger charge is 2.38. The fourth-order valence-corrected chi connectivity index (χ4v) is 1.64. The number of aliphatic hydroxyl groups is 1. The highest BCUT2D eigenvalue weighted by atomic mass is 127. The van der Waals surface area contributed by atoms with E-state index in [1.54, 1.807) is 12.1 Å². The number of hydrogen-bond donors (Lipinski definition) is 1. The summed E-state index contributed by atoms with van der Waals surface area (Å²) >= 11 is 2.03.